The Hall–Kier alpha value is -3.09. The van der Waals surface area contributed by atoms with Crippen LogP contribution in [0.25, 0.3) is 22.0 Å². The average Bonchev–Trinajstić information content (AvgIpc) is 2.83. The number of rotatable bonds is 5. The van der Waals surface area contributed by atoms with Gasteiger partial charge in [-0.2, -0.15) is 0 Å². The Balaban J connectivity index is 1.50. The predicted molar refractivity (Wildman–Crippen MR) is 121 cm³/mol. The van der Waals surface area contributed by atoms with E-state index < -0.39 is 11.0 Å². The lowest BCUT2D eigenvalue weighted by Crippen LogP contribution is -2.54. The van der Waals surface area contributed by atoms with Gasteiger partial charge in [0.2, 0.25) is 0 Å². The van der Waals surface area contributed by atoms with Gasteiger partial charge in [-0.1, -0.05) is 12.1 Å². The molecule has 5 atom stereocenters. The molecule has 158 valence electrons. The highest BCUT2D eigenvalue weighted by molar-refractivity contribution is 5.87. The highest BCUT2D eigenvalue weighted by Crippen LogP contribution is 2.42. The molecule has 3 saturated heterocycles. The molecule has 1 aromatic heterocycles. The van der Waals surface area contributed by atoms with E-state index >= 15 is 0 Å². The molecule has 3 aliphatic heterocycles. The first-order chi connectivity index (χ1) is 15.0. The summed E-state index contributed by atoms with van der Waals surface area (Å²) in [5, 5.41) is 23.3. The molecule has 0 spiro atoms. The van der Waals surface area contributed by atoms with Gasteiger partial charge < -0.3 is 5.11 Å². The summed E-state index contributed by atoms with van der Waals surface area (Å²) in [4.78, 5) is 17.4. The van der Waals surface area contributed by atoms with E-state index in [-0.39, 0.29) is 11.7 Å². The molecule has 2 aromatic carbocycles. The van der Waals surface area contributed by atoms with Crippen molar-refractivity contribution in [2.45, 2.75) is 25.0 Å². The van der Waals surface area contributed by atoms with Gasteiger partial charge >= 0.3 is 0 Å². The van der Waals surface area contributed by atoms with Gasteiger partial charge in [0.25, 0.3) is 5.69 Å². The largest absolute Gasteiger partial charge is 0.387 e. The molecule has 4 heterocycles. The molecule has 3 aliphatic rings. The number of non-ortho nitro benzene ring substituents is 1. The topological polar surface area (TPSA) is 79.5 Å². The Kier molecular flexibility index (Phi) is 5.04. The summed E-state index contributed by atoms with van der Waals surface area (Å²) in [6.45, 7) is 5.98. The van der Waals surface area contributed by atoms with E-state index in [1.54, 1.807) is 18.3 Å². The van der Waals surface area contributed by atoms with Gasteiger partial charge in [-0.15, -0.1) is 6.58 Å². The number of aliphatic hydroxyl groups excluding tert-OH is 1. The third-order valence-electron chi connectivity index (χ3n) is 7.02. The summed E-state index contributed by atoms with van der Waals surface area (Å²) in [7, 11) is 0. The zero-order valence-electron chi connectivity index (χ0n) is 17.2. The fourth-order valence-corrected chi connectivity index (χ4v) is 5.29. The molecule has 3 aromatic rings. The second-order valence-electron chi connectivity index (χ2n) is 8.63. The lowest BCUT2D eigenvalue weighted by atomic mass is 9.73. The second kappa shape index (κ2) is 7.87. The summed E-state index contributed by atoms with van der Waals surface area (Å²) < 4.78 is 0. The van der Waals surface area contributed by atoms with Crippen LogP contribution in [0, 0.1) is 22.0 Å². The van der Waals surface area contributed by atoms with Gasteiger partial charge in [-0.05, 0) is 78.2 Å². The summed E-state index contributed by atoms with van der Waals surface area (Å²) in [5.74, 6) is 1.10. The minimum Gasteiger partial charge on any atom is -0.387 e. The number of nitrogens with zero attached hydrogens (tertiary/aromatic N) is 3. The maximum Gasteiger partial charge on any atom is 0.269 e. The minimum absolute atomic E-state index is 0.0709. The summed E-state index contributed by atoms with van der Waals surface area (Å²) >= 11 is 0. The number of hydrogen-bond acceptors (Lipinski definition) is 5. The Bertz CT molecular complexity index is 1140. The van der Waals surface area contributed by atoms with E-state index in [0.717, 1.165) is 47.1 Å². The molecule has 6 nitrogen and oxygen atoms in total. The number of aliphatic hydroxyl groups is 1. The van der Waals surface area contributed by atoms with Crippen molar-refractivity contribution in [1.29, 1.82) is 0 Å². The highest BCUT2D eigenvalue weighted by atomic mass is 16.6. The molecule has 3 fully saturated rings. The fraction of sp³-hybridized carbons (Fsp3) is 0.320. The first kappa shape index (κ1) is 19.8. The average molecular weight is 415 g/mol. The number of aromatic nitrogens is 1. The van der Waals surface area contributed by atoms with Crippen LogP contribution >= 0.6 is 0 Å². The van der Waals surface area contributed by atoms with Crippen LogP contribution in [-0.4, -0.2) is 39.0 Å². The molecule has 1 N–H and O–H groups in total. The molecule has 31 heavy (non-hydrogen) atoms. The van der Waals surface area contributed by atoms with E-state index in [1.807, 2.05) is 24.3 Å². The third-order valence-corrected chi connectivity index (χ3v) is 7.02. The lowest BCUT2D eigenvalue weighted by molar-refractivity contribution is -0.384. The molecule has 6 rings (SSSR count). The third kappa shape index (κ3) is 3.52. The molecule has 6 heteroatoms. The van der Waals surface area contributed by atoms with Crippen molar-refractivity contribution in [2.75, 3.05) is 13.1 Å². The predicted octanol–water partition coefficient (Wildman–Crippen LogP) is 4.74. The van der Waals surface area contributed by atoms with E-state index in [2.05, 4.69) is 22.5 Å². The molecular weight excluding hydrogens is 390 g/mol. The first-order valence-corrected chi connectivity index (χ1v) is 10.7. The van der Waals surface area contributed by atoms with Crippen molar-refractivity contribution in [1.82, 2.24) is 9.88 Å². The normalized spacial score (nSPS) is 26.0. The number of nitro groups is 1. The lowest BCUT2D eigenvalue weighted by Gasteiger charge is -2.50. The summed E-state index contributed by atoms with van der Waals surface area (Å²) in [6.07, 6.45) is 5.38. The molecule has 0 saturated carbocycles. The molecule has 0 aliphatic carbocycles. The molecule has 0 radical (unpaired) electrons. The van der Waals surface area contributed by atoms with Crippen molar-refractivity contribution < 1.29 is 10.0 Å². The highest BCUT2D eigenvalue weighted by Gasteiger charge is 2.42. The van der Waals surface area contributed by atoms with Crippen LogP contribution in [0.1, 0.15) is 24.5 Å². The SMILES string of the molecule is C=C[C@H]1CN2CC[C@H]1C[C@@H]2[C@@H](O)c1ccnc2ccc(-c3ccc([N+](=O)[O-])cc3)cc12. The van der Waals surface area contributed by atoms with Gasteiger partial charge in [0.05, 0.1) is 16.5 Å². The van der Waals surface area contributed by atoms with E-state index in [1.165, 1.54) is 18.6 Å². The summed E-state index contributed by atoms with van der Waals surface area (Å²) in [6, 6.07) is 14.5. The van der Waals surface area contributed by atoms with Crippen LogP contribution in [-0.2, 0) is 0 Å². The Labute approximate surface area is 181 Å². The van der Waals surface area contributed by atoms with Gasteiger partial charge in [-0.25, -0.2) is 0 Å². The Morgan fingerprint density at radius 2 is 1.97 bits per heavy atom. The van der Waals surface area contributed by atoms with E-state index in [0.29, 0.717) is 11.8 Å². The second-order valence-corrected chi connectivity index (χ2v) is 8.63. The maximum absolute atomic E-state index is 11.4. The Morgan fingerprint density at radius 1 is 1.19 bits per heavy atom. The van der Waals surface area contributed by atoms with Crippen LogP contribution in [0.3, 0.4) is 0 Å². The fourth-order valence-electron chi connectivity index (χ4n) is 5.29. The van der Waals surface area contributed by atoms with Crippen molar-refractivity contribution in [2.24, 2.45) is 11.8 Å². The zero-order chi connectivity index (χ0) is 21.5. The van der Waals surface area contributed by atoms with Crippen LogP contribution < -0.4 is 0 Å². The molecule has 2 bridgehead atoms. The molecule has 1 unspecified atom stereocenters. The quantitative estimate of drug-likeness (QED) is 0.370. The van der Waals surface area contributed by atoms with Crippen molar-refractivity contribution in [3.8, 4) is 11.1 Å². The van der Waals surface area contributed by atoms with Crippen molar-refractivity contribution >= 4 is 16.6 Å². The first-order valence-electron chi connectivity index (χ1n) is 10.7. The van der Waals surface area contributed by atoms with Gasteiger partial charge in [0.1, 0.15) is 0 Å². The monoisotopic (exact) mass is 415 g/mol. The standard InChI is InChI=1S/C25H25N3O3/c1-2-16-15-27-12-10-19(16)14-24(27)25(29)21-9-11-26-23-8-5-18(13-22(21)23)17-3-6-20(7-4-17)28(30)31/h2-9,11,13,16,19,24-25,29H,1,10,12,14-15H2/t16-,19-,24+,25-/m0/s1. The number of piperidine rings is 3. The van der Waals surface area contributed by atoms with Crippen LogP contribution in [0.2, 0.25) is 0 Å². The minimum atomic E-state index is -0.592. The number of nitro benzene ring substituents is 1. The van der Waals surface area contributed by atoms with Gasteiger partial charge in [0, 0.05) is 36.3 Å². The molecular formula is C25H25N3O3. The number of hydrogen-bond donors (Lipinski definition) is 1. The smallest absolute Gasteiger partial charge is 0.269 e. The van der Waals surface area contributed by atoms with E-state index in [4.69, 9.17) is 0 Å². The number of benzene rings is 2. The van der Waals surface area contributed by atoms with Crippen LogP contribution in [0.4, 0.5) is 5.69 Å². The van der Waals surface area contributed by atoms with Crippen molar-refractivity contribution in [3.63, 3.8) is 0 Å². The van der Waals surface area contributed by atoms with Gasteiger partial charge in [-0.3, -0.25) is 20.0 Å². The van der Waals surface area contributed by atoms with Crippen molar-refractivity contribution in [3.05, 3.63) is 83.1 Å². The summed E-state index contributed by atoms with van der Waals surface area (Å²) in [5.41, 5.74) is 3.64. The van der Waals surface area contributed by atoms with Crippen LogP contribution in [0.15, 0.2) is 67.4 Å². The molecule has 0 amide bonds. The van der Waals surface area contributed by atoms with E-state index in [9.17, 15) is 15.2 Å². The van der Waals surface area contributed by atoms with Gasteiger partial charge in [0.15, 0.2) is 0 Å². The number of fused-ring (bicyclic) bond motifs is 4. The Morgan fingerprint density at radius 3 is 2.65 bits per heavy atom. The van der Waals surface area contributed by atoms with Crippen LogP contribution in [0.5, 0.6) is 0 Å². The maximum atomic E-state index is 11.4. The zero-order valence-corrected chi connectivity index (χ0v) is 17.2. The number of pyridine rings is 1.